The van der Waals surface area contributed by atoms with Crippen LogP contribution in [0.4, 0.5) is 0 Å². The minimum Gasteiger partial charge on any atom is -0.351 e. The minimum absolute atomic E-state index is 0.116. The highest BCUT2D eigenvalue weighted by Gasteiger charge is 2.08. The summed E-state index contributed by atoms with van der Waals surface area (Å²) in [5.74, 6) is -0.116. The number of hydrogen-bond donors (Lipinski definition) is 3. The van der Waals surface area contributed by atoms with E-state index in [1.807, 2.05) is 0 Å². The molecule has 0 bridgehead atoms. The number of nitrogens with two attached hydrogens (primary N) is 1. The van der Waals surface area contributed by atoms with Crippen molar-refractivity contribution in [3.05, 3.63) is 35.4 Å². The number of nitrogens with zero attached hydrogens (tertiary/aromatic N) is 1. The molecule has 1 aromatic rings. The number of amides is 1. The fourth-order valence-electron chi connectivity index (χ4n) is 2.97. The summed E-state index contributed by atoms with van der Waals surface area (Å²) < 4.78 is 0. The molecule has 0 saturated carbocycles. The lowest BCUT2D eigenvalue weighted by Gasteiger charge is -2.26. The van der Waals surface area contributed by atoms with E-state index >= 15 is 0 Å². The fraction of sp³-hybridized carbons (Fsp3) is 0.632. The smallest absolute Gasteiger partial charge is 0.236 e. The molecule has 24 heavy (non-hydrogen) atoms. The highest BCUT2D eigenvalue weighted by atomic mass is 16.2. The standard InChI is InChI=1S/C19H32N4O/c1-16(20)19(24)22-15-18-8-6-17(7-9-18)14-21-10-5-13-23-11-3-2-4-12-23/h6-9,16,21H,2-5,10-15,20H2,1H3,(H,22,24)/t16-/m0/s1. The van der Waals surface area contributed by atoms with E-state index in [9.17, 15) is 4.79 Å². The Hall–Kier alpha value is -1.43. The molecule has 1 aliphatic rings. The third-order valence-electron chi connectivity index (χ3n) is 4.51. The molecule has 0 aliphatic carbocycles. The van der Waals surface area contributed by atoms with E-state index in [2.05, 4.69) is 39.8 Å². The van der Waals surface area contributed by atoms with Crippen LogP contribution in [0.2, 0.25) is 0 Å². The largest absolute Gasteiger partial charge is 0.351 e. The van der Waals surface area contributed by atoms with Gasteiger partial charge in [0.2, 0.25) is 5.91 Å². The molecule has 0 aromatic heterocycles. The molecular formula is C19H32N4O. The normalized spacial score (nSPS) is 16.8. The summed E-state index contributed by atoms with van der Waals surface area (Å²) in [7, 11) is 0. The van der Waals surface area contributed by atoms with Gasteiger partial charge in [0, 0.05) is 13.1 Å². The maximum atomic E-state index is 11.5. The van der Waals surface area contributed by atoms with Gasteiger partial charge in [-0.25, -0.2) is 0 Å². The van der Waals surface area contributed by atoms with Crippen molar-refractivity contribution in [2.75, 3.05) is 26.2 Å². The topological polar surface area (TPSA) is 70.4 Å². The quantitative estimate of drug-likeness (QED) is 0.601. The first-order valence-corrected chi connectivity index (χ1v) is 9.19. The van der Waals surface area contributed by atoms with Gasteiger partial charge in [0.05, 0.1) is 6.04 Å². The zero-order valence-corrected chi connectivity index (χ0v) is 14.9. The lowest BCUT2D eigenvalue weighted by Crippen LogP contribution is -2.37. The van der Waals surface area contributed by atoms with Gasteiger partial charge >= 0.3 is 0 Å². The lowest BCUT2D eigenvalue weighted by molar-refractivity contribution is -0.122. The van der Waals surface area contributed by atoms with E-state index in [4.69, 9.17) is 5.73 Å². The Bertz CT molecular complexity index is 481. The van der Waals surface area contributed by atoms with Gasteiger partial charge in [-0.15, -0.1) is 0 Å². The van der Waals surface area contributed by atoms with Gasteiger partial charge < -0.3 is 21.3 Å². The Balaban J connectivity index is 1.58. The minimum atomic E-state index is -0.460. The van der Waals surface area contributed by atoms with Crippen LogP contribution in [0.1, 0.15) is 43.7 Å². The molecule has 1 amide bonds. The first-order chi connectivity index (χ1) is 11.6. The van der Waals surface area contributed by atoms with Crippen molar-refractivity contribution < 1.29 is 4.79 Å². The molecule has 0 unspecified atom stereocenters. The van der Waals surface area contributed by atoms with Gasteiger partial charge in [0.25, 0.3) is 0 Å². The SMILES string of the molecule is C[C@H](N)C(=O)NCc1ccc(CNCCCN2CCCCC2)cc1. The third-order valence-corrected chi connectivity index (χ3v) is 4.51. The van der Waals surface area contributed by atoms with Crippen molar-refractivity contribution in [2.24, 2.45) is 5.73 Å². The van der Waals surface area contributed by atoms with E-state index in [0.29, 0.717) is 6.54 Å². The van der Waals surface area contributed by atoms with Crippen LogP contribution in [0, 0.1) is 0 Å². The Morgan fingerprint density at radius 2 is 1.75 bits per heavy atom. The van der Waals surface area contributed by atoms with Gasteiger partial charge in [-0.05, 0) is 63.5 Å². The number of carbonyl (C=O) groups excluding carboxylic acids is 1. The van der Waals surface area contributed by atoms with Crippen LogP contribution in [-0.4, -0.2) is 43.0 Å². The van der Waals surface area contributed by atoms with Crippen LogP contribution in [0.3, 0.4) is 0 Å². The van der Waals surface area contributed by atoms with Crippen LogP contribution in [0.15, 0.2) is 24.3 Å². The summed E-state index contributed by atoms with van der Waals surface area (Å²) in [6, 6.07) is 7.90. The number of hydrogen-bond acceptors (Lipinski definition) is 4. The van der Waals surface area contributed by atoms with Crippen molar-refractivity contribution in [1.29, 1.82) is 0 Å². The number of benzene rings is 1. The molecule has 5 nitrogen and oxygen atoms in total. The number of nitrogens with one attached hydrogen (secondary N) is 2. The molecule has 1 aromatic carbocycles. The summed E-state index contributed by atoms with van der Waals surface area (Å²) >= 11 is 0. The number of piperidine rings is 1. The lowest BCUT2D eigenvalue weighted by atomic mass is 10.1. The van der Waals surface area contributed by atoms with E-state index in [0.717, 1.165) is 18.7 Å². The monoisotopic (exact) mass is 332 g/mol. The highest BCUT2D eigenvalue weighted by molar-refractivity contribution is 5.80. The van der Waals surface area contributed by atoms with E-state index in [1.54, 1.807) is 6.92 Å². The zero-order valence-electron chi connectivity index (χ0n) is 14.9. The molecule has 1 fully saturated rings. The van der Waals surface area contributed by atoms with Crippen LogP contribution in [0.25, 0.3) is 0 Å². The van der Waals surface area contributed by atoms with Gasteiger partial charge in [0.15, 0.2) is 0 Å². The maximum absolute atomic E-state index is 11.5. The summed E-state index contributed by atoms with van der Waals surface area (Å²) in [5.41, 5.74) is 7.90. The summed E-state index contributed by atoms with van der Waals surface area (Å²) in [5, 5.41) is 6.34. The maximum Gasteiger partial charge on any atom is 0.236 e. The number of rotatable bonds is 9. The molecule has 2 rings (SSSR count). The molecule has 1 heterocycles. The van der Waals surface area contributed by atoms with Crippen LogP contribution < -0.4 is 16.4 Å². The molecular weight excluding hydrogens is 300 g/mol. The van der Waals surface area contributed by atoms with Gasteiger partial charge in [-0.2, -0.15) is 0 Å². The second-order valence-electron chi connectivity index (χ2n) is 6.76. The van der Waals surface area contributed by atoms with E-state index < -0.39 is 6.04 Å². The molecule has 134 valence electrons. The predicted octanol–water partition coefficient (Wildman–Crippen LogP) is 1.62. The highest BCUT2D eigenvalue weighted by Crippen LogP contribution is 2.08. The number of carbonyl (C=O) groups is 1. The van der Waals surface area contributed by atoms with Gasteiger partial charge in [-0.1, -0.05) is 30.7 Å². The number of likely N-dealkylation sites (tertiary alicyclic amines) is 1. The van der Waals surface area contributed by atoms with Crippen LogP contribution in [-0.2, 0) is 17.9 Å². The second-order valence-corrected chi connectivity index (χ2v) is 6.76. The van der Waals surface area contributed by atoms with Crippen molar-refractivity contribution in [3.8, 4) is 0 Å². The zero-order chi connectivity index (χ0) is 17.2. The molecule has 0 radical (unpaired) electrons. The van der Waals surface area contributed by atoms with Crippen molar-refractivity contribution in [1.82, 2.24) is 15.5 Å². The molecule has 1 aliphatic heterocycles. The first kappa shape index (κ1) is 18.9. The molecule has 5 heteroatoms. The van der Waals surface area contributed by atoms with E-state index in [-0.39, 0.29) is 5.91 Å². The average molecular weight is 332 g/mol. The van der Waals surface area contributed by atoms with Crippen molar-refractivity contribution in [3.63, 3.8) is 0 Å². The van der Waals surface area contributed by atoms with Crippen LogP contribution in [0.5, 0.6) is 0 Å². The Labute approximate surface area is 146 Å². The second kappa shape index (κ2) is 10.4. The Morgan fingerprint density at radius 1 is 1.12 bits per heavy atom. The molecule has 1 saturated heterocycles. The summed E-state index contributed by atoms with van der Waals surface area (Å²) in [6.45, 7) is 7.95. The Kier molecular flexibility index (Phi) is 8.22. The summed E-state index contributed by atoms with van der Waals surface area (Å²) in [4.78, 5) is 14.0. The molecule has 1 atom stereocenters. The predicted molar refractivity (Wildman–Crippen MR) is 98.6 cm³/mol. The summed E-state index contributed by atoms with van der Waals surface area (Å²) in [6.07, 6.45) is 5.34. The van der Waals surface area contributed by atoms with Crippen LogP contribution >= 0.6 is 0 Å². The van der Waals surface area contributed by atoms with Crippen molar-refractivity contribution in [2.45, 2.75) is 51.7 Å². The fourth-order valence-corrected chi connectivity index (χ4v) is 2.97. The van der Waals surface area contributed by atoms with Gasteiger partial charge in [-0.3, -0.25) is 4.79 Å². The molecule has 0 spiro atoms. The first-order valence-electron chi connectivity index (χ1n) is 9.19. The van der Waals surface area contributed by atoms with Crippen molar-refractivity contribution >= 4 is 5.91 Å². The third kappa shape index (κ3) is 6.99. The molecule has 4 N–H and O–H groups in total. The average Bonchev–Trinajstić information content (AvgIpc) is 2.61. The Morgan fingerprint density at radius 3 is 2.38 bits per heavy atom. The van der Waals surface area contributed by atoms with Gasteiger partial charge in [0.1, 0.15) is 0 Å². The van der Waals surface area contributed by atoms with E-state index in [1.165, 1.54) is 50.9 Å².